The van der Waals surface area contributed by atoms with E-state index in [1.165, 1.54) is 38.4 Å². The first-order valence-electron chi connectivity index (χ1n) is 8.36. The number of benzene rings is 1. The highest BCUT2D eigenvalue weighted by Crippen LogP contribution is 2.25. The fraction of sp³-hybridized carbons (Fsp3) is 0.333. The van der Waals surface area contributed by atoms with E-state index in [1.807, 2.05) is 30.3 Å². The van der Waals surface area contributed by atoms with Gasteiger partial charge in [0.1, 0.15) is 12.7 Å². The summed E-state index contributed by atoms with van der Waals surface area (Å²) >= 11 is 0. The molecule has 1 aliphatic rings. The van der Waals surface area contributed by atoms with Crippen LogP contribution in [0.2, 0.25) is 0 Å². The summed E-state index contributed by atoms with van der Waals surface area (Å²) < 4.78 is 7.06. The van der Waals surface area contributed by atoms with Gasteiger partial charge in [-0.1, -0.05) is 42.6 Å². The minimum Gasteiger partial charge on any atom is -0.334 e. The molecular formula is C18H19N5O. The van der Waals surface area contributed by atoms with Gasteiger partial charge in [0.2, 0.25) is 5.82 Å². The number of allylic oxidation sites excluding steroid dienone is 1. The highest BCUT2D eigenvalue weighted by Gasteiger charge is 2.12. The lowest BCUT2D eigenvalue weighted by molar-refractivity contribution is 0.406. The molecule has 4 rings (SSSR count). The van der Waals surface area contributed by atoms with Crippen LogP contribution >= 0.6 is 0 Å². The molecule has 0 radical (unpaired) electrons. The van der Waals surface area contributed by atoms with E-state index in [4.69, 9.17) is 4.52 Å². The first-order chi connectivity index (χ1) is 11.9. The van der Waals surface area contributed by atoms with Gasteiger partial charge in [-0.05, 0) is 37.0 Å². The number of nitrogens with zero attached hydrogens (tertiary/aromatic N) is 5. The zero-order valence-corrected chi connectivity index (χ0v) is 13.4. The Labute approximate surface area is 140 Å². The van der Waals surface area contributed by atoms with Crippen LogP contribution in [0.3, 0.4) is 0 Å². The molecule has 1 aliphatic carbocycles. The topological polar surface area (TPSA) is 69.6 Å². The molecule has 1 fully saturated rings. The van der Waals surface area contributed by atoms with Crippen molar-refractivity contribution in [1.29, 1.82) is 0 Å². The lowest BCUT2D eigenvalue weighted by Crippen LogP contribution is -2.02. The maximum absolute atomic E-state index is 5.36. The Bertz CT molecular complexity index is 816. The van der Waals surface area contributed by atoms with Crippen LogP contribution in [0.5, 0.6) is 0 Å². The zero-order valence-electron chi connectivity index (χ0n) is 13.4. The summed E-state index contributed by atoms with van der Waals surface area (Å²) in [6.07, 6.45) is 13.9. The van der Waals surface area contributed by atoms with Crippen molar-refractivity contribution < 1.29 is 4.52 Å². The molecule has 0 unspecified atom stereocenters. The number of aromatic nitrogens is 5. The second kappa shape index (κ2) is 6.78. The van der Waals surface area contributed by atoms with Crippen molar-refractivity contribution in [3.8, 4) is 17.1 Å². The molecule has 2 aromatic heterocycles. The average Bonchev–Trinajstić information content (AvgIpc) is 3.33. The van der Waals surface area contributed by atoms with Crippen molar-refractivity contribution in [2.45, 2.75) is 32.1 Å². The Morgan fingerprint density at radius 2 is 2.08 bits per heavy atom. The molecule has 2 heterocycles. The van der Waals surface area contributed by atoms with E-state index in [1.54, 1.807) is 11.0 Å². The van der Waals surface area contributed by atoms with Gasteiger partial charge in [0, 0.05) is 5.56 Å². The minimum absolute atomic E-state index is 0.557. The first kappa shape index (κ1) is 14.8. The normalized spacial score (nSPS) is 16.0. The van der Waals surface area contributed by atoms with E-state index in [2.05, 4.69) is 26.3 Å². The third kappa shape index (κ3) is 3.27. The Hall–Kier alpha value is -2.76. The third-order valence-corrected chi connectivity index (χ3v) is 4.39. The zero-order chi connectivity index (χ0) is 16.2. The van der Waals surface area contributed by atoms with Crippen molar-refractivity contribution in [1.82, 2.24) is 24.9 Å². The van der Waals surface area contributed by atoms with Gasteiger partial charge in [0.15, 0.2) is 0 Å². The average molecular weight is 321 g/mol. The van der Waals surface area contributed by atoms with Crippen LogP contribution < -0.4 is 0 Å². The van der Waals surface area contributed by atoms with Gasteiger partial charge >= 0.3 is 0 Å². The van der Waals surface area contributed by atoms with Gasteiger partial charge in [-0.15, -0.1) is 0 Å². The minimum atomic E-state index is 0.557. The summed E-state index contributed by atoms with van der Waals surface area (Å²) in [4.78, 5) is 8.44. The highest BCUT2D eigenvalue weighted by atomic mass is 16.5. The van der Waals surface area contributed by atoms with Crippen molar-refractivity contribution in [3.05, 3.63) is 48.9 Å². The molecule has 0 N–H and O–H groups in total. The van der Waals surface area contributed by atoms with Crippen molar-refractivity contribution >= 4 is 6.08 Å². The largest absolute Gasteiger partial charge is 0.334 e. The fourth-order valence-electron chi connectivity index (χ4n) is 3.09. The Kier molecular flexibility index (Phi) is 4.18. The lowest BCUT2D eigenvalue weighted by atomic mass is 9.89. The third-order valence-electron chi connectivity index (χ3n) is 4.39. The molecule has 0 atom stereocenters. The molecule has 0 spiro atoms. The summed E-state index contributed by atoms with van der Waals surface area (Å²) in [6, 6.07) is 7.83. The molecule has 6 heteroatoms. The molecule has 1 saturated carbocycles. The second-order valence-electron chi connectivity index (χ2n) is 6.10. The van der Waals surface area contributed by atoms with Gasteiger partial charge in [-0.25, -0.2) is 9.67 Å². The van der Waals surface area contributed by atoms with E-state index >= 15 is 0 Å². The van der Waals surface area contributed by atoms with Crippen LogP contribution in [0, 0.1) is 5.92 Å². The number of hydrogen-bond donors (Lipinski definition) is 0. The quantitative estimate of drug-likeness (QED) is 0.728. The van der Waals surface area contributed by atoms with Crippen LogP contribution in [0.1, 0.15) is 38.0 Å². The molecule has 0 bridgehead atoms. The molecule has 24 heavy (non-hydrogen) atoms. The van der Waals surface area contributed by atoms with E-state index in [-0.39, 0.29) is 0 Å². The van der Waals surface area contributed by atoms with Crippen LogP contribution in [-0.4, -0.2) is 24.9 Å². The molecule has 0 amide bonds. The van der Waals surface area contributed by atoms with E-state index in [9.17, 15) is 0 Å². The van der Waals surface area contributed by atoms with E-state index in [0.717, 1.165) is 11.3 Å². The van der Waals surface area contributed by atoms with E-state index in [0.29, 0.717) is 17.6 Å². The van der Waals surface area contributed by atoms with Crippen LogP contribution in [-0.2, 0) is 0 Å². The SMILES string of the molecule is C(=C\C1CCCCC1)/c1nc(-c2cccc(-n3cncn3)c2)no1. The molecule has 1 aromatic carbocycles. The van der Waals surface area contributed by atoms with Crippen molar-refractivity contribution in [2.24, 2.45) is 5.92 Å². The summed E-state index contributed by atoms with van der Waals surface area (Å²) in [5.74, 6) is 1.78. The fourth-order valence-corrected chi connectivity index (χ4v) is 3.09. The Balaban J connectivity index is 1.52. The molecular weight excluding hydrogens is 302 g/mol. The maximum Gasteiger partial charge on any atom is 0.250 e. The van der Waals surface area contributed by atoms with Gasteiger partial charge < -0.3 is 4.52 Å². The Morgan fingerprint density at radius 1 is 1.17 bits per heavy atom. The summed E-state index contributed by atoms with van der Waals surface area (Å²) in [5, 5.41) is 8.23. The monoisotopic (exact) mass is 321 g/mol. The standard InChI is InChI=1S/C18H19N5O/c1-2-5-14(6-3-1)9-10-17-21-18(22-24-17)15-7-4-8-16(11-15)23-13-19-12-20-23/h4,7-14H,1-3,5-6H2/b10-9+. The van der Waals surface area contributed by atoms with Crippen LogP contribution in [0.25, 0.3) is 23.2 Å². The summed E-state index contributed by atoms with van der Waals surface area (Å²) in [7, 11) is 0. The Morgan fingerprint density at radius 3 is 2.92 bits per heavy atom. The number of hydrogen-bond acceptors (Lipinski definition) is 5. The van der Waals surface area contributed by atoms with Gasteiger partial charge in [-0.3, -0.25) is 0 Å². The first-order valence-corrected chi connectivity index (χ1v) is 8.36. The van der Waals surface area contributed by atoms with Crippen molar-refractivity contribution in [2.75, 3.05) is 0 Å². The molecule has 0 saturated heterocycles. The molecule has 122 valence electrons. The predicted molar refractivity (Wildman–Crippen MR) is 90.3 cm³/mol. The summed E-state index contributed by atoms with van der Waals surface area (Å²) in [6.45, 7) is 0. The van der Waals surface area contributed by atoms with Gasteiger partial charge in [-0.2, -0.15) is 10.1 Å². The maximum atomic E-state index is 5.36. The highest BCUT2D eigenvalue weighted by molar-refractivity contribution is 5.59. The number of rotatable bonds is 4. The van der Waals surface area contributed by atoms with Crippen LogP contribution in [0.4, 0.5) is 0 Å². The molecule has 3 aromatic rings. The lowest BCUT2D eigenvalue weighted by Gasteiger charge is -2.17. The molecule has 6 nitrogen and oxygen atoms in total. The predicted octanol–water partition coefficient (Wildman–Crippen LogP) is 3.91. The second-order valence-corrected chi connectivity index (χ2v) is 6.10. The van der Waals surface area contributed by atoms with Crippen molar-refractivity contribution in [3.63, 3.8) is 0 Å². The van der Waals surface area contributed by atoms with Gasteiger partial charge in [0.05, 0.1) is 5.69 Å². The van der Waals surface area contributed by atoms with Gasteiger partial charge in [0.25, 0.3) is 5.89 Å². The van der Waals surface area contributed by atoms with Crippen LogP contribution in [0.15, 0.2) is 47.5 Å². The molecule has 0 aliphatic heterocycles. The van der Waals surface area contributed by atoms with E-state index < -0.39 is 0 Å². The smallest absolute Gasteiger partial charge is 0.250 e. The summed E-state index contributed by atoms with van der Waals surface area (Å²) in [5.41, 5.74) is 1.80.